The lowest BCUT2D eigenvalue weighted by molar-refractivity contribution is -0.161. The van der Waals surface area contributed by atoms with Gasteiger partial charge < -0.3 is 34.2 Å². The highest BCUT2D eigenvalue weighted by molar-refractivity contribution is 7.47. The van der Waals surface area contributed by atoms with Gasteiger partial charge >= 0.3 is 33.6 Å². The molecule has 0 fully saturated rings. The molecule has 109 heavy (non-hydrogen) atoms. The van der Waals surface area contributed by atoms with Crippen molar-refractivity contribution in [2.45, 2.75) is 386 Å². The number of unbranched alkanes of at least 4 members (excludes halogenated alkanes) is 37. The summed E-state index contributed by atoms with van der Waals surface area (Å²) in [5, 5.41) is 20.7. The minimum Gasteiger partial charge on any atom is -0.463 e. The number of hydrogen-bond acceptors (Lipinski definition) is 14. The van der Waals surface area contributed by atoms with Gasteiger partial charge in [-0.25, -0.2) is 9.13 Å². The number of rotatable bonds is 82. The van der Waals surface area contributed by atoms with E-state index in [0.29, 0.717) is 19.3 Å². The summed E-state index contributed by atoms with van der Waals surface area (Å²) in [5.74, 6) is -1.58. The van der Waals surface area contributed by atoms with E-state index in [4.69, 9.17) is 32.3 Å². The predicted molar refractivity (Wildman–Crippen MR) is 454 cm³/mol. The third-order valence-electron chi connectivity index (χ3n) is 18.3. The van der Waals surface area contributed by atoms with Crippen molar-refractivity contribution >= 4 is 33.6 Å². The lowest BCUT2D eigenvalue weighted by atomic mass is 10.0. The summed E-state index contributed by atoms with van der Waals surface area (Å²) in [7, 11) is -9.79. The molecule has 0 heterocycles. The number of allylic oxidation sites excluding steroid dienone is 22. The molecule has 0 aliphatic carbocycles. The van der Waals surface area contributed by atoms with E-state index in [9.17, 15) is 43.5 Å². The van der Waals surface area contributed by atoms with Crippen molar-refractivity contribution in [1.29, 1.82) is 0 Å². The van der Waals surface area contributed by atoms with Crippen molar-refractivity contribution in [3.63, 3.8) is 0 Å². The fourth-order valence-electron chi connectivity index (χ4n) is 11.8. The van der Waals surface area contributed by atoms with Crippen LogP contribution in [0.2, 0.25) is 0 Å². The highest BCUT2D eigenvalue weighted by Crippen LogP contribution is 2.45. The molecule has 5 unspecified atom stereocenters. The SMILES string of the molecule is CC/C=C\C/C=C\C/C=C\C/C=C\C/C=C\CCCCCCCCCCCCCCCCCCCC(=O)OCC(O)COP(=O)(O)OCC(O)COP(=O)(O)OCC(COC(=O)CCCCCCCCCCCCC/C=C\C/C=C\C/C=C\C/C=C\C/C=C\CC)OC(=O)CCCCCCC/C=C\CCCCCC. The average molecular weight is 1570 g/mol. The van der Waals surface area contributed by atoms with Gasteiger partial charge in [-0.15, -0.1) is 0 Å². The van der Waals surface area contributed by atoms with E-state index < -0.39 is 91.5 Å². The quantitative estimate of drug-likeness (QED) is 0.0146. The number of carbonyl (C=O) groups is 3. The van der Waals surface area contributed by atoms with Crippen molar-refractivity contribution in [1.82, 2.24) is 0 Å². The molecule has 0 aromatic heterocycles. The molecule has 0 radical (unpaired) electrons. The van der Waals surface area contributed by atoms with Crippen LogP contribution in [0.25, 0.3) is 0 Å². The Kier molecular flexibility index (Phi) is 79.8. The van der Waals surface area contributed by atoms with Gasteiger partial charge in [0.1, 0.15) is 25.4 Å². The van der Waals surface area contributed by atoms with Crippen LogP contribution in [0.3, 0.4) is 0 Å². The van der Waals surface area contributed by atoms with Gasteiger partial charge in [0.05, 0.1) is 26.4 Å². The second-order valence-electron chi connectivity index (χ2n) is 28.9. The molecule has 0 spiro atoms. The smallest absolute Gasteiger partial charge is 0.463 e. The largest absolute Gasteiger partial charge is 0.472 e. The number of phosphoric ester groups is 2. The van der Waals surface area contributed by atoms with Crippen molar-refractivity contribution < 1.29 is 75.8 Å². The summed E-state index contributed by atoms with van der Waals surface area (Å²) < 4.78 is 61.3. The van der Waals surface area contributed by atoms with Gasteiger partial charge in [-0.3, -0.25) is 32.5 Å². The monoisotopic (exact) mass is 1570 g/mol. The van der Waals surface area contributed by atoms with E-state index in [1.165, 1.54) is 154 Å². The molecule has 628 valence electrons. The number of phosphoric acid groups is 2. The maximum atomic E-state index is 13.0. The second-order valence-corrected chi connectivity index (χ2v) is 31.8. The van der Waals surface area contributed by atoms with Crippen LogP contribution in [0.5, 0.6) is 0 Å². The topological polar surface area (TPSA) is 231 Å². The zero-order valence-electron chi connectivity index (χ0n) is 68.9. The Morgan fingerprint density at radius 1 is 0.266 bits per heavy atom. The first kappa shape index (κ1) is 105. The number of carbonyl (C=O) groups excluding carboxylic acids is 3. The van der Waals surface area contributed by atoms with Gasteiger partial charge in [0, 0.05) is 19.3 Å². The third-order valence-corrected chi connectivity index (χ3v) is 20.2. The Labute approximate surface area is 665 Å². The van der Waals surface area contributed by atoms with Crippen molar-refractivity contribution in [3.8, 4) is 0 Å². The molecule has 0 aromatic carbocycles. The first-order valence-electron chi connectivity index (χ1n) is 43.5. The zero-order valence-corrected chi connectivity index (χ0v) is 70.7. The lowest BCUT2D eigenvalue weighted by Crippen LogP contribution is -2.30. The molecular formula is C91H158O16P2. The van der Waals surface area contributed by atoms with Crippen LogP contribution in [-0.4, -0.2) is 95.9 Å². The average Bonchev–Trinajstić information content (AvgIpc) is 0.915. The maximum absolute atomic E-state index is 13.0. The first-order chi connectivity index (χ1) is 53.2. The standard InChI is InChI=1S/C91H158O16P2/c1-4-7-10-13-16-19-22-25-27-29-31-33-35-37-39-40-41-42-43-44-46-48-49-51-53-55-57-60-62-65-68-71-74-77-89(94)101-80-86(92)81-103-108(97,98)104-82-87(93)83-105-109(99,100)106-85-88(107-91(96)79-76-73-70-67-64-59-24-21-18-15-12-9-6-3)84-102-90(95)78-75-72-69-66-63-61-58-56-54-52-50-47-45-38-36-34-32-30-28-26-23-20-17-14-11-8-5-2/h7-8,10-11,16-17,19-21,24-28,31-34,37-39,45,86-88,92-93H,4-6,9,12-15,18,22-23,29-30,35-36,40-44,46-85H2,1-3H3,(H,97,98)(H,99,100)/b10-7-,11-8-,19-16-,20-17-,24-21-,27-25-,28-26-,33-31-,34-32-,39-37-,45-38-. The summed E-state index contributed by atoms with van der Waals surface area (Å²) in [4.78, 5) is 58.8. The van der Waals surface area contributed by atoms with E-state index in [1.807, 2.05) is 0 Å². The van der Waals surface area contributed by atoms with E-state index in [1.54, 1.807) is 0 Å². The van der Waals surface area contributed by atoms with Gasteiger partial charge in [0.15, 0.2) is 6.10 Å². The van der Waals surface area contributed by atoms with Gasteiger partial charge in [0.25, 0.3) is 0 Å². The molecule has 0 aliphatic rings. The Morgan fingerprint density at radius 3 is 0.780 bits per heavy atom. The van der Waals surface area contributed by atoms with Crippen LogP contribution >= 0.6 is 15.6 Å². The third kappa shape index (κ3) is 84.4. The van der Waals surface area contributed by atoms with Gasteiger partial charge in [-0.2, -0.15) is 0 Å². The number of esters is 3. The Bertz CT molecular complexity index is 2510. The normalized spacial score (nSPS) is 14.5. The summed E-state index contributed by atoms with van der Waals surface area (Å²) >= 11 is 0. The number of ether oxygens (including phenoxy) is 3. The van der Waals surface area contributed by atoms with Crippen LogP contribution in [-0.2, 0) is 55.8 Å². The maximum Gasteiger partial charge on any atom is 0.472 e. The molecule has 16 nitrogen and oxygen atoms in total. The molecule has 18 heteroatoms. The molecule has 0 rings (SSSR count). The van der Waals surface area contributed by atoms with E-state index in [2.05, 4.69) is 154 Å². The van der Waals surface area contributed by atoms with Gasteiger partial charge in [-0.05, 0) is 135 Å². The highest BCUT2D eigenvalue weighted by atomic mass is 31.2. The molecular weight excluding hydrogens is 1410 g/mol. The van der Waals surface area contributed by atoms with E-state index in [0.717, 1.165) is 154 Å². The summed E-state index contributed by atoms with van der Waals surface area (Å²) in [6.45, 7) is 2.47. The van der Waals surface area contributed by atoms with Crippen LogP contribution in [0.4, 0.5) is 0 Å². The molecule has 0 aliphatic heterocycles. The Morgan fingerprint density at radius 2 is 0.486 bits per heavy atom. The molecule has 0 saturated carbocycles. The minimum absolute atomic E-state index is 0.0934. The summed E-state index contributed by atoms with van der Waals surface area (Å²) in [5.41, 5.74) is 0. The number of aliphatic hydroxyl groups is 2. The fourth-order valence-corrected chi connectivity index (χ4v) is 13.4. The fraction of sp³-hybridized carbons (Fsp3) is 0.725. The van der Waals surface area contributed by atoms with Crippen LogP contribution < -0.4 is 0 Å². The van der Waals surface area contributed by atoms with Crippen molar-refractivity contribution in [2.75, 3.05) is 39.6 Å². The summed E-state index contributed by atoms with van der Waals surface area (Å²) in [6, 6.07) is 0. The van der Waals surface area contributed by atoms with Gasteiger partial charge in [-0.1, -0.05) is 347 Å². The zero-order chi connectivity index (χ0) is 79.4. The van der Waals surface area contributed by atoms with Crippen LogP contribution in [0.15, 0.2) is 134 Å². The van der Waals surface area contributed by atoms with Crippen LogP contribution in [0, 0.1) is 0 Å². The molecule has 0 bridgehead atoms. The lowest BCUT2D eigenvalue weighted by Gasteiger charge is -2.21. The van der Waals surface area contributed by atoms with E-state index in [-0.39, 0.29) is 19.3 Å². The first-order valence-corrected chi connectivity index (χ1v) is 46.5. The Balaban J connectivity index is 4.41. The Hall–Kier alpha value is -4.31. The van der Waals surface area contributed by atoms with Crippen molar-refractivity contribution in [3.05, 3.63) is 134 Å². The molecule has 0 aromatic rings. The molecule has 0 saturated heterocycles. The summed E-state index contributed by atoms with van der Waals surface area (Å²) in [6.07, 6.45) is 102. The molecule has 0 amide bonds. The minimum atomic E-state index is -4.93. The molecule has 5 atom stereocenters. The number of aliphatic hydroxyl groups excluding tert-OH is 2. The van der Waals surface area contributed by atoms with E-state index >= 15 is 0 Å². The van der Waals surface area contributed by atoms with Crippen molar-refractivity contribution in [2.24, 2.45) is 0 Å². The van der Waals surface area contributed by atoms with Gasteiger partial charge in [0.2, 0.25) is 0 Å². The molecule has 4 N–H and O–H groups in total. The second kappa shape index (κ2) is 83.1. The highest BCUT2D eigenvalue weighted by Gasteiger charge is 2.29. The number of hydrogen-bond donors (Lipinski definition) is 4. The predicted octanol–water partition coefficient (Wildman–Crippen LogP) is 26.2. The van der Waals surface area contributed by atoms with Crippen LogP contribution in [0.1, 0.15) is 367 Å².